The summed E-state index contributed by atoms with van der Waals surface area (Å²) < 4.78 is 20.2. The third kappa shape index (κ3) is 2.04. The topological polar surface area (TPSA) is 60.2 Å². The monoisotopic (exact) mass is 271 g/mol. The van der Waals surface area contributed by atoms with E-state index in [2.05, 4.69) is 9.97 Å². The van der Waals surface area contributed by atoms with Gasteiger partial charge in [-0.25, -0.2) is 14.4 Å². The first-order valence-electron chi connectivity index (χ1n) is 5.09. The highest BCUT2D eigenvalue weighted by molar-refractivity contribution is 6.29. The summed E-state index contributed by atoms with van der Waals surface area (Å²) in [6, 6.07) is 1.37. The molecule has 0 saturated heterocycles. The number of imidazole rings is 1. The molecule has 96 valence electrons. The fourth-order valence-corrected chi connectivity index (χ4v) is 1.72. The summed E-state index contributed by atoms with van der Waals surface area (Å²) in [5, 5.41) is 10.5. The van der Waals surface area contributed by atoms with E-state index in [0.29, 0.717) is 5.15 Å². The summed E-state index contributed by atoms with van der Waals surface area (Å²) in [5.74, 6) is -0.648. The lowest BCUT2D eigenvalue weighted by atomic mass is 10.1. The predicted molar refractivity (Wildman–Crippen MR) is 63.0 cm³/mol. The van der Waals surface area contributed by atoms with Crippen LogP contribution in [0.5, 0.6) is 5.88 Å². The minimum absolute atomic E-state index is 0.0345. The molecule has 0 spiro atoms. The van der Waals surface area contributed by atoms with Crippen LogP contribution in [0.3, 0.4) is 0 Å². The van der Waals surface area contributed by atoms with Gasteiger partial charge in [-0.05, 0) is 6.07 Å². The Balaban J connectivity index is 2.46. The standard InChI is InChI=1S/C11H11ClFN3O2/c1-16-7(12)5-15-10(16)9(17)6-3-4-14-11(18-2)8(6)13/h3-5,9,17H,1-2H3. The average molecular weight is 272 g/mol. The van der Waals surface area contributed by atoms with Crippen molar-refractivity contribution in [3.8, 4) is 5.88 Å². The van der Waals surface area contributed by atoms with Crippen molar-refractivity contribution in [2.75, 3.05) is 7.11 Å². The average Bonchev–Trinajstić information content (AvgIpc) is 2.70. The highest BCUT2D eigenvalue weighted by Gasteiger charge is 2.22. The number of nitrogens with zero attached hydrogens (tertiary/aromatic N) is 3. The van der Waals surface area contributed by atoms with Gasteiger partial charge in [-0.1, -0.05) is 11.6 Å². The molecule has 0 amide bonds. The fraction of sp³-hybridized carbons (Fsp3) is 0.273. The molecule has 0 fully saturated rings. The first-order valence-corrected chi connectivity index (χ1v) is 5.47. The molecule has 1 unspecified atom stereocenters. The van der Waals surface area contributed by atoms with Crippen molar-refractivity contribution >= 4 is 11.6 Å². The summed E-state index contributed by atoms with van der Waals surface area (Å²) >= 11 is 5.82. The Kier molecular flexibility index (Phi) is 3.49. The van der Waals surface area contributed by atoms with Gasteiger partial charge in [0, 0.05) is 18.8 Å². The van der Waals surface area contributed by atoms with Crippen LogP contribution >= 0.6 is 11.6 Å². The molecule has 2 heterocycles. The number of hydrogen-bond donors (Lipinski definition) is 1. The zero-order chi connectivity index (χ0) is 13.3. The lowest BCUT2D eigenvalue weighted by molar-refractivity contribution is 0.199. The second kappa shape index (κ2) is 4.91. The molecule has 1 atom stereocenters. The third-order valence-corrected chi connectivity index (χ3v) is 2.94. The molecule has 2 aromatic rings. The molecule has 2 aromatic heterocycles. The lowest BCUT2D eigenvalue weighted by Gasteiger charge is -2.13. The van der Waals surface area contributed by atoms with Crippen LogP contribution in [0.4, 0.5) is 4.39 Å². The van der Waals surface area contributed by atoms with E-state index in [9.17, 15) is 9.50 Å². The number of pyridine rings is 1. The zero-order valence-corrected chi connectivity index (χ0v) is 10.5. The minimum atomic E-state index is -1.24. The molecule has 18 heavy (non-hydrogen) atoms. The van der Waals surface area contributed by atoms with Crippen LogP contribution in [0.15, 0.2) is 18.5 Å². The second-order valence-electron chi connectivity index (χ2n) is 3.62. The van der Waals surface area contributed by atoms with Gasteiger partial charge in [-0.2, -0.15) is 0 Å². The van der Waals surface area contributed by atoms with Crippen LogP contribution in [0.2, 0.25) is 5.15 Å². The largest absolute Gasteiger partial charge is 0.479 e. The highest BCUT2D eigenvalue weighted by atomic mass is 35.5. The maximum Gasteiger partial charge on any atom is 0.250 e. The van der Waals surface area contributed by atoms with E-state index >= 15 is 0 Å². The Morgan fingerprint density at radius 2 is 2.22 bits per heavy atom. The quantitative estimate of drug-likeness (QED) is 0.923. The SMILES string of the molecule is COc1nccc(C(O)c2ncc(Cl)n2C)c1F. The van der Waals surface area contributed by atoms with E-state index in [1.807, 2.05) is 0 Å². The Hall–Kier alpha value is -1.66. The second-order valence-corrected chi connectivity index (χ2v) is 4.01. The van der Waals surface area contributed by atoms with Crippen molar-refractivity contribution in [3.05, 3.63) is 40.8 Å². The lowest BCUT2D eigenvalue weighted by Crippen LogP contribution is -2.10. The summed E-state index contributed by atoms with van der Waals surface area (Å²) in [7, 11) is 2.93. The third-order valence-electron chi connectivity index (χ3n) is 2.59. The summed E-state index contributed by atoms with van der Waals surface area (Å²) in [6.45, 7) is 0. The fourth-order valence-electron chi connectivity index (χ4n) is 1.59. The van der Waals surface area contributed by atoms with E-state index in [1.165, 1.54) is 30.1 Å². The maximum atomic E-state index is 13.9. The van der Waals surface area contributed by atoms with E-state index in [-0.39, 0.29) is 17.3 Å². The van der Waals surface area contributed by atoms with Crippen molar-refractivity contribution in [2.45, 2.75) is 6.10 Å². The number of hydrogen-bond acceptors (Lipinski definition) is 4. The van der Waals surface area contributed by atoms with Crippen LogP contribution in [-0.2, 0) is 7.05 Å². The van der Waals surface area contributed by atoms with Crippen LogP contribution < -0.4 is 4.74 Å². The molecule has 0 aliphatic carbocycles. The van der Waals surface area contributed by atoms with Crippen molar-refractivity contribution in [2.24, 2.45) is 7.05 Å². The smallest absolute Gasteiger partial charge is 0.250 e. The van der Waals surface area contributed by atoms with Crippen molar-refractivity contribution in [1.82, 2.24) is 14.5 Å². The van der Waals surface area contributed by atoms with Gasteiger partial charge in [0.1, 0.15) is 17.1 Å². The Labute approximate surface area is 108 Å². The van der Waals surface area contributed by atoms with Crippen molar-refractivity contribution < 1.29 is 14.2 Å². The first-order chi connectivity index (χ1) is 8.56. The Morgan fingerprint density at radius 1 is 1.50 bits per heavy atom. The van der Waals surface area contributed by atoms with Gasteiger partial charge < -0.3 is 14.4 Å². The van der Waals surface area contributed by atoms with E-state index in [1.54, 1.807) is 7.05 Å². The molecule has 0 aliphatic rings. The number of halogens is 2. The molecule has 0 bridgehead atoms. The van der Waals surface area contributed by atoms with Gasteiger partial charge in [0.25, 0.3) is 0 Å². The number of aromatic nitrogens is 3. The van der Waals surface area contributed by atoms with Crippen molar-refractivity contribution in [1.29, 1.82) is 0 Å². The molecule has 7 heteroatoms. The Morgan fingerprint density at radius 3 is 2.78 bits per heavy atom. The number of methoxy groups -OCH3 is 1. The van der Waals surface area contributed by atoms with Gasteiger partial charge in [-0.3, -0.25) is 0 Å². The van der Waals surface area contributed by atoms with Gasteiger partial charge in [0.15, 0.2) is 5.82 Å². The minimum Gasteiger partial charge on any atom is -0.479 e. The number of aliphatic hydroxyl groups excluding tert-OH is 1. The van der Waals surface area contributed by atoms with Gasteiger partial charge in [-0.15, -0.1) is 0 Å². The first kappa shape index (κ1) is 12.8. The van der Waals surface area contributed by atoms with E-state index in [0.717, 1.165) is 0 Å². The molecule has 0 aliphatic heterocycles. The summed E-state index contributed by atoms with van der Waals surface area (Å²) in [5.41, 5.74) is 0.0345. The van der Waals surface area contributed by atoms with Gasteiger partial charge in [0.2, 0.25) is 5.88 Å². The normalized spacial score (nSPS) is 12.5. The molecule has 0 saturated carbocycles. The molecule has 1 N–H and O–H groups in total. The molecule has 0 aromatic carbocycles. The van der Waals surface area contributed by atoms with Crippen LogP contribution in [0, 0.1) is 5.82 Å². The molecular formula is C11H11ClFN3O2. The molecule has 0 radical (unpaired) electrons. The van der Waals surface area contributed by atoms with Crippen LogP contribution in [-0.4, -0.2) is 26.8 Å². The van der Waals surface area contributed by atoms with Crippen molar-refractivity contribution in [3.63, 3.8) is 0 Å². The Bertz CT molecular complexity index is 573. The van der Waals surface area contributed by atoms with Gasteiger partial charge >= 0.3 is 0 Å². The number of aliphatic hydroxyl groups is 1. The molecular weight excluding hydrogens is 261 g/mol. The molecule has 5 nitrogen and oxygen atoms in total. The number of ether oxygens (including phenoxy) is 1. The van der Waals surface area contributed by atoms with Crippen LogP contribution in [0.25, 0.3) is 0 Å². The van der Waals surface area contributed by atoms with E-state index in [4.69, 9.17) is 16.3 Å². The van der Waals surface area contributed by atoms with Crippen LogP contribution in [0.1, 0.15) is 17.5 Å². The maximum absolute atomic E-state index is 13.9. The zero-order valence-electron chi connectivity index (χ0n) is 9.76. The van der Waals surface area contributed by atoms with Gasteiger partial charge in [0.05, 0.1) is 13.3 Å². The summed E-state index contributed by atoms with van der Waals surface area (Å²) in [4.78, 5) is 7.64. The molecule has 2 rings (SSSR count). The summed E-state index contributed by atoms with van der Waals surface area (Å²) in [6.07, 6.45) is 1.50. The van der Waals surface area contributed by atoms with E-state index < -0.39 is 11.9 Å². The number of rotatable bonds is 3. The highest BCUT2D eigenvalue weighted by Crippen LogP contribution is 2.27. The predicted octanol–water partition coefficient (Wildman–Crippen LogP) is 1.70.